The highest BCUT2D eigenvalue weighted by Gasteiger charge is 2.28. The van der Waals surface area contributed by atoms with E-state index in [1.807, 2.05) is 48.1 Å². The van der Waals surface area contributed by atoms with E-state index < -0.39 is 6.09 Å². The lowest BCUT2D eigenvalue weighted by molar-refractivity contribution is 0.101. The quantitative estimate of drug-likeness (QED) is 0.434. The van der Waals surface area contributed by atoms with E-state index in [0.717, 1.165) is 27.6 Å². The highest BCUT2D eigenvalue weighted by molar-refractivity contribution is 6.16. The summed E-state index contributed by atoms with van der Waals surface area (Å²) in [7, 11) is 1.97. The van der Waals surface area contributed by atoms with Crippen molar-refractivity contribution in [1.82, 2.24) is 4.57 Å². The van der Waals surface area contributed by atoms with E-state index in [4.69, 9.17) is 9.84 Å². The highest BCUT2D eigenvalue weighted by atomic mass is 16.5. The van der Waals surface area contributed by atoms with Crippen molar-refractivity contribution >= 4 is 34.5 Å². The molecule has 1 aliphatic rings. The maximum atomic E-state index is 13.0. The molecule has 1 aromatic heterocycles. The number of Topliss-reactive ketones (excluding diaryl/α,β-unsaturated/α-hetero) is 1. The van der Waals surface area contributed by atoms with Gasteiger partial charge in [-0.1, -0.05) is 42.5 Å². The molecule has 2 N–H and O–H groups in total. The summed E-state index contributed by atoms with van der Waals surface area (Å²) < 4.78 is 7.84. The molecule has 0 spiro atoms. The molecule has 31 heavy (non-hydrogen) atoms. The Labute approximate surface area is 178 Å². The van der Waals surface area contributed by atoms with Gasteiger partial charge in [-0.05, 0) is 41.5 Å². The molecule has 0 atom stereocenters. The molecule has 5 rings (SSSR count). The van der Waals surface area contributed by atoms with Crippen molar-refractivity contribution in [2.45, 2.75) is 0 Å². The monoisotopic (exact) mass is 410 g/mol. The Balaban J connectivity index is 1.61. The van der Waals surface area contributed by atoms with Gasteiger partial charge in [0.25, 0.3) is 0 Å². The molecule has 0 saturated carbocycles. The Hall–Kier alpha value is -4.32. The van der Waals surface area contributed by atoms with E-state index >= 15 is 0 Å². The van der Waals surface area contributed by atoms with Gasteiger partial charge < -0.3 is 14.4 Å². The molecule has 0 saturated heterocycles. The molecule has 4 aromatic rings. The fourth-order valence-corrected chi connectivity index (χ4v) is 3.98. The van der Waals surface area contributed by atoms with Crippen molar-refractivity contribution < 1.29 is 19.4 Å². The summed E-state index contributed by atoms with van der Waals surface area (Å²) in [5.41, 5.74) is 4.73. The van der Waals surface area contributed by atoms with Crippen molar-refractivity contribution in [1.29, 1.82) is 0 Å². The topological polar surface area (TPSA) is 80.6 Å². The van der Waals surface area contributed by atoms with Crippen LogP contribution in [0, 0.1) is 0 Å². The van der Waals surface area contributed by atoms with Gasteiger partial charge in [0, 0.05) is 35.4 Å². The number of ether oxygens (including phenoxy) is 1. The summed E-state index contributed by atoms with van der Waals surface area (Å²) in [6.45, 7) is 0. The number of hydrogen-bond acceptors (Lipinski definition) is 3. The minimum atomic E-state index is -1.19. The second-order valence-electron chi connectivity index (χ2n) is 7.34. The van der Waals surface area contributed by atoms with Gasteiger partial charge in [0.1, 0.15) is 5.75 Å². The van der Waals surface area contributed by atoms with Crippen LogP contribution in [0.25, 0.3) is 28.1 Å². The lowest BCUT2D eigenvalue weighted by Gasteiger charge is -2.06. The van der Waals surface area contributed by atoms with E-state index in [2.05, 4.69) is 23.5 Å². The van der Waals surface area contributed by atoms with E-state index in [1.165, 1.54) is 6.07 Å². The number of aryl methyl sites for hydroxylation is 1. The zero-order chi connectivity index (χ0) is 21.5. The lowest BCUT2D eigenvalue weighted by Crippen LogP contribution is -2.07. The predicted octanol–water partition coefficient (Wildman–Crippen LogP) is 5.55. The molecule has 2 heterocycles. The maximum Gasteiger partial charge on any atom is 0.409 e. The number of fused-ring (bicyclic) bond motifs is 2. The molecule has 1 aliphatic heterocycles. The Kier molecular flexibility index (Phi) is 4.33. The van der Waals surface area contributed by atoms with Crippen LogP contribution < -0.4 is 10.1 Å². The number of rotatable bonds is 3. The Morgan fingerprint density at radius 1 is 1.03 bits per heavy atom. The number of amides is 1. The van der Waals surface area contributed by atoms with E-state index in [-0.39, 0.29) is 11.5 Å². The Morgan fingerprint density at radius 3 is 2.61 bits per heavy atom. The fourth-order valence-electron chi connectivity index (χ4n) is 3.98. The molecule has 0 radical (unpaired) electrons. The maximum absolute atomic E-state index is 13.0. The number of carbonyl (C=O) groups is 2. The SMILES string of the molecule is Cn1cc(/C=C2\Oc3ccc(NC(=O)O)cc3C2=O)c2c(-c3ccccc3)cccc21. The van der Waals surface area contributed by atoms with Gasteiger partial charge in [-0.3, -0.25) is 10.1 Å². The molecule has 3 aromatic carbocycles. The summed E-state index contributed by atoms with van der Waals surface area (Å²) in [6.07, 6.45) is 2.54. The third-order valence-electron chi connectivity index (χ3n) is 5.33. The summed E-state index contributed by atoms with van der Waals surface area (Å²) >= 11 is 0. The van der Waals surface area contributed by atoms with Crippen LogP contribution in [0.15, 0.2) is 78.7 Å². The van der Waals surface area contributed by atoms with Crippen LogP contribution >= 0.6 is 0 Å². The van der Waals surface area contributed by atoms with Gasteiger partial charge in [-0.25, -0.2) is 4.79 Å². The third-order valence-corrected chi connectivity index (χ3v) is 5.33. The summed E-state index contributed by atoms with van der Waals surface area (Å²) in [5, 5.41) is 12.2. The van der Waals surface area contributed by atoms with E-state index in [0.29, 0.717) is 17.0 Å². The van der Waals surface area contributed by atoms with E-state index in [1.54, 1.807) is 18.2 Å². The number of nitrogens with zero attached hydrogens (tertiary/aromatic N) is 1. The zero-order valence-electron chi connectivity index (χ0n) is 16.6. The third kappa shape index (κ3) is 3.24. The number of anilines is 1. The summed E-state index contributed by atoms with van der Waals surface area (Å²) in [6, 6.07) is 20.9. The fraction of sp³-hybridized carbons (Fsp3) is 0.0400. The first-order chi connectivity index (χ1) is 15.0. The molecular weight excluding hydrogens is 392 g/mol. The largest absolute Gasteiger partial charge is 0.465 e. The van der Waals surface area contributed by atoms with Crippen LogP contribution in [0.2, 0.25) is 0 Å². The second-order valence-corrected chi connectivity index (χ2v) is 7.34. The lowest BCUT2D eigenvalue weighted by atomic mass is 9.98. The minimum Gasteiger partial charge on any atom is -0.465 e. The van der Waals surface area contributed by atoms with Crippen LogP contribution in [0.3, 0.4) is 0 Å². The first kappa shape index (κ1) is 18.7. The van der Waals surface area contributed by atoms with Crippen LogP contribution in [0.1, 0.15) is 15.9 Å². The molecule has 0 aliphatic carbocycles. The number of benzene rings is 3. The number of ketones is 1. The van der Waals surface area contributed by atoms with Crippen molar-refractivity contribution in [2.75, 3.05) is 5.32 Å². The predicted molar refractivity (Wildman–Crippen MR) is 119 cm³/mol. The molecule has 0 fully saturated rings. The Bertz CT molecular complexity index is 1380. The molecular formula is C25H18N2O4. The number of carbonyl (C=O) groups excluding carboxylic acids is 1. The molecule has 0 bridgehead atoms. The molecule has 1 amide bonds. The number of aromatic nitrogens is 1. The zero-order valence-corrected chi connectivity index (χ0v) is 16.6. The van der Waals surface area contributed by atoms with Gasteiger partial charge in [-0.15, -0.1) is 0 Å². The molecule has 6 heteroatoms. The van der Waals surface area contributed by atoms with Crippen molar-refractivity contribution in [2.24, 2.45) is 7.05 Å². The summed E-state index contributed by atoms with van der Waals surface area (Å²) in [5.74, 6) is 0.340. The van der Waals surface area contributed by atoms with Gasteiger partial charge in [0.2, 0.25) is 5.78 Å². The van der Waals surface area contributed by atoms with Crippen molar-refractivity contribution in [3.8, 4) is 16.9 Å². The van der Waals surface area contributed by atoms with Gasteiger partial charge >= 0.3 is 6.09 Å². The van der Waals surface area contributed by atoms with Crippen molar-refractivity contribution in [3.05, 3.63) is 89.8 Å². The molecule has 152 valence electrons. The van der Waals surface area contributed by atoms with Gasteiger partial charge in [0.05, 0.1) is 5.56 Å². The van der Waals surface area contributed by atoms with Crippen molar-refractivity contribution in [3.63, 3.8) is 0 Å². The number of carboxylic acid groups (broad SMARTS) is 1. The number of allylic oxidation sites excluding steroid dienone is 1. The standard InChI is InChI=1S/C25H18N2O4/c1-27-14-16(23-18(8-5-9-20(23)27)15-6-3-2-4-7-15)12-22-24(28)19-13-17(26-25(29)30)10-11-21(19)31-22/h2-14,26H,1H3,(H,29,30)/b22-12-. The molecule has 6 nitrogen and oxygen atoms in total. The van der Waals surface area contributed by atoms with Crippen LogP contribution in [-0.4, -0.2) is 21.6 Å². The second kappa shape index (κ2) is 7.18. The Morgan fingerprint density at radius 2 is 1.84 bits per heavy atom. The molecule has 0 unspecified atom stereocenters. The average Bonchev–Trinajstić information content (AvgIpc) is 3.25. The van der Waals surface area contributed by atoms with Gasteiger partial charge in [-0.2, -0.15) is 0 Å². The van der Waals surface area contributed by atoms with Gasteiger partial charge in [0.15, 0.2) is 5.76 Å². The number of nitrogens with one attached hydrogen (secondary N) is 1. The summed E-state index contributed by atoms with van der Waals surface area (Å²) in [4.78, 5) is 23.9. The smallest absolute Gasteiger partial charge is 0.409 e. The first-order valence-corrected chi connectivity index (χ1v) is 9.73. The highest BCUT2D eigenvalue weighted by Crippen LogP contribution is 2.37. The normalized spacial score (nSPS) is 14.0. The minimum absolute atomic E-state index is 0.206. The van der Waals surface area contributed by atoms with E-state index in [9.17, 15) is 9.59 Å². The van der Waals surface area contributed by atoms with Crippen LogP contribution in [0.5, 0.6) is 5.75 Å². The van der Waals surface area contributed by atoms with Crippen LogP contribution in [-0.2, 0) is 7.05 Å². The average molecular weight is 410 g/mol. The first-order valence-electron chi connectivity index (χ1n) is 9.73. The van der Waals surface area contributed by atoms with Crippen LogP contribution in [0.4, 0.5) is 10.5 Å². The number of hydrogen-bond donors (Lipinski definition) is 2.